The fourth-order valence-corrected chi connectivity index (χ4v) is 3.67. The summed E-state index contributed by atoms with van der Waals surface area (Å²) in [6, 6.07) is 0.0830. The highest BCUT2D eigenvalue weighted by Gasteiger charge is 2.54. The van der Waals surface area contributed by atoms with E-state index in [4.69, 9.17) is 20.9 Å². The second kappa shape index (κ2) is 4.61. The van der Waals surface area contributed by atoms with Crippen LogP contribution >= 0.6 is 0 Å². The molecule has 8 nitrogen and oxygen atoms in total. The van der Waals surface area contributed by atoms with Crippen LogP contribution in [0.4, 0.5) is 5.82 Å². The van der Waals surface area contributed by atoms with Gasteiger partial charge in [0.25, 0.3) is 0 Å². The zero-order valence-electron chi connectivity index (χ0n) is 12.6. The van der Waals surface area contributed by atoms with E-state index in [9.17, 15) is 0 Å². The summed E-state index contributed by atoms with van der Waals surface area (Å²) < 4.78 is 14.2. The highest BCUT2D eigenvalue weighted by molar-refractivity contribution is 5.81. The second-order valence-corrected chi connectivity index (χ2v) is 6.45. The average molecular weight is 304 g/mol. The van der Waals surface area contributed by atoms with Gasteiger partial charge in [-0.2, -0.15) is 0 Å². The predicted octanol–water partition coefficient (Wildman–Crippen LogP) is 0.448. The number of ether oxygens (including phenoxy) is 2. The van der Waals surface area contributed by atoms with Crippen molar-refractivity contribution in [1.82, 2.24) is 19.5 Å². The lowest BCUT2D eigenvalue weighted by atomic mass is 10.1. The first kappa shape index (κ1) is 13.9. The van der Waals surface area contributed by atoms with Crippen molar-refractivity contribution in [2.75, 3.05) is 12.3 Å². The molecule has 118 valence electrons. The lowest BCUT2D eigenvalue weighted by Gasteiger charge is -2.23. The van der Waals surface area contributed by atoms with Gasteiger partial charge < -0.3 is 25.5 Å². The van der Waals surface area contributed by atoms with Crippen molar-refractivity contribution in [3.8, 4) is 0 Å². The summed E-state index contributed by atoms with van der Waals surface area (Å²) in [4.78, 5) is 12.7. The first-order chi connectivity index (χ1) is 10.5. The first-order valence-electron chi connectivity index (χ1n) is 7.49. The average Bonchev–Trinajstić information content (AvgIpc) is 3.10. The zero-order valence-corrected chi connectivity index (χ0v) is 12.6. The molecule has 0 bridgehead atoms. The summed E-state index contributed by atoms with van der Waals surface area (Å²) in [6.45, 7) is 4.44. The molecule has 1 aliphatic carbocycles. The number of nitrogen functional groups attached to an aromatic ring is 1. The largest absolute Gasteiger partial charge is 0.382 e. The van der Waals surface area contributed by atoms with Gasteiger partial charge in [-0.1, -0.05) is 0 Å². The fraction of sp³-hybridized carbons (Fsp3) is 0.643. The van der Waals surface area contributed by atoms with E-state index in [2.05, 4.69) is 15.0 Å². The van der Waals surface area contributed by atoms with Gasteiger partial charge in [0.2, 0.25) is 0 Å². The Labute approximate surface area is 127 Å². The van der Waals surface area contributed by atoms with Crippen LogP contribution in [0.2, 0.25) is 0 Å². The molecule has 8 heteroatoms. The molecule has 4 rings (SSSR count). The van der Waals surface area contributed by atoms with Crippen molar-refractivity contribution >= 4 is 17.0 Å². The number of fused-ring (bicyclic) bond motifs is 2. The van der Waals surface area contributed by atoms with Crippen LogP contribution in [0.5, 0.6) is 0 Å². The standard InChI is InChI=1S/C14H20N6O2/c1-14(2)21-10-7(4-15)3-8(11(10)22-14)20-6-19-9-12(16)17-5-18-13(9)20/h5-8,10-11H,3-4,15H2,1-2H3,(H2,16,17,18)/t7-,8-,10+,11-/m1/s1. The molecule has 4 N–H and O–H groups in total. The fourth-order valence-electron chi connectivity index (χ4n) is 3.67. The SMILES string of the molecule is CC1(C)O[C@H]2[C@@H](CN)C[C@@H](n3cnc4c(N)ncnc43)[C@H]2O1. The van der Waals surface area contributed by atoms with E-state index < -0.39 is 5.79 Å². The molecule has 0 spiro atoms. The van der Waals surface area contributed by atoms with Crippen LogP contribution in [-0.4, -0.2) is 44.1 Å². The van der Waals surface area contributed by atoms with Gasteiger partial charge >= 0.3 is 0 Å². The van der Waals surface area contributed by atoms with E-state index in [0.29, 0.717) is 17.9 Å². The molecular formula is C14H20N6O2. The molecule has 0 amide bonds. The third-order valence-corrected chi connectivity index (χ3v) is 4.60. The van der Waals surface area contributed by atoms with Gasteiger partial charge in [0, 0.05) is 5.92 Å². The summed E-state index contributed by atoms with van der Waals surface area (Å²) in [6.07, 6.45) is 4.03. The van der Waals surface area contributed by atoms with Crippen LogP contribution in [0.15, 0.2) is 12.7 Å². The van der Waals surface area contributed by atoms with Crippen LogP contribution < -0.4 is 11.5 Å². The van der Waals surface area contributed by atoms with Gasteiger partial charge in [0.05, 0.1) is 18.5 Å². The zero-order chi connectivity index (χ0) is 15.5. The van der Waals surface area contributed by atoms with Crippen LogP contribution in [-0.2, 0) is 9.47 Å². The summed E-state index contributed by atoms with van der Waals surface area (Å²) in [5.41, 5.74) is 13.1. The van der Waals surface area contributed by atoms with Crippen molar-refractivity contribution in [3.63, 3.8) is 0 Å². The molecule has 1 saturated heterocycles. The van der Waals surface area contributed by atoms with Gasteiger partial charge in [-0.05, 0) is 26.8 Å². The van der Waals surface area contributed by atoms with Gasteiger partial charge in [-0.15, -0.1) is 0 Å². The normalized spacial score (nSPS) is 33.4. The van der Waals surface area contributed by atoms with Crippen molar-refractivity contribution in [2.24, 2.45) is 11.7 Å². The monoisotopic (exact) mass is 304 g/mol. The minimum absolute atomic E-state index is 0.00151. The quantitative estimate of drug-likeness (QED) is 0.827. The van der Waals surface area contributed by atoms with E-state index in [1.54, 1.807) is 6.33 Å². The van der Waals surface area contributed by atoms with Crippen molar-refractivity contribution in [2.45, 2.75) is 44.3 Å². The summed E-state index contributed by atoms with van der Waals surface area (Å²) in [5, 5.41) is 0. The number of nitrogens with zero attached hydrogens (tertiary/aromatic N) is 4. The lowest BCUT2D eigenvalue weighted by molar-refractivity contribution is -0.159. The van der Waals surface area contributed by atoms with Gasteiger partial charge in [-0.3, -0.25) is 0 Å². The molecule has 3 heterocycles. The molecule has 1 saturated carbocycles. The van der Waals surface area contributed by atoms with E-state index in [1.807, 2.05) is 18.4 Å². The maximum Gasteiger partial charge on any atom is 0.165 e. The number of nitrogens with two attached hydrogens (primary N) is 2. The maximum absolute atomic E-state index is 6.12. The molecule has 22 heavy (non-hydrogen) atoms. The van der Waals surface area contributed by atoms with E-state index in [1.165, 1.54) is 6.33 Å². The number of anilines is 1. The third-order valence-electron chi connectivity index (χ3n) is 4.60. The Balaban J connectivity index is 1.77. The summed E-state index contributed by atoms with van der Waals surface area (Å²) in [5.74, 6) is 0.0530. The topological polar surface area (TPSA) is 114 Å². The molecule has 2 fully saturated rings. The number of hydrogen-bond acceptors (Lipinski definition) is 7. The van der Waals surface area contributed by atoms with Crippen molar-refractivity contribution in [1.29, 1.82) is 0 Å². The Hall–Kier alpha value is -1.77. The Morgan fingerprint density at radius 1 is 1.27 bits per heavy atom. The Kier molecular flexibility index (Phi) is 2.91. The highest BCUT2D eigenvalue weighted by atomic mass is 16.8. The summed E-state index contributed by atoms with van der Waals surface area (Å²) >= 11 is 0. The maximum atomic E-state index is 6.12. The van der Waals surface area contributed by atoms with Gasteiger partial charge in [0.1, 0.15) is 17.9 Å². The molecule has 2 aromatic heterocycles. The smallest absolute Gasteiger partial charge is 0.165 e. The Morgan fingerprint density at radius 2 is 2.05 bits per heavy atom. The van der Waals surface area contributed by atoms with Crippen molar-refractivity contribution < 1.29 is 9.47 Å². The molecule has 0 radical (unpaired) electrons. The first-order valence-corrected chi connectivity index (χ1v) is 7.49. The molecule has 0 aromatic carbocycles. The minimum atomic E-state index is -0.591. The van der Waals surface area contributed by atoms with Crippen LogP contribution in [0.3, 0.4) is 0 Å². The van der Waals surface area contributed by atoms with Gasteiger partial charge in [0.15, 0.2) is 17.3 Å². The van der Waals surface area contributed by atoms with Crippen LogP contribution in [0, 0.1) is 5.92 Å². The Morgan fingerprint density at radius 3 is 2.82 bits per heavy atom. The molecule has 0 unspecified atom stereocenters. The molecular weight excluding hydrogens is 284 g/mol. The van der Waals surface area contributed by atoms with E-state index in [0.717, 1.165) is 12.1 Å². The van der Waals surface area contributed by atoms with Crippen LogP contribution in [0.1, 0.15) is 26.3 Å². The van der Waals surface area contributed by atoms with Gasteiger partial charge in [-0.25, -0.2) is 15.0 Å². The lowest BCUT2D eigenvalue weighted by Crippen LogP contribution is -2.29. The van der Waals surface area contributed by atoms with E-state index >= 15 is 0 Å². The van der Waals surface area contributed by atoms with E-state index in [-0.39, 0.29) is 24.2 Å². The minimum Gasteiger partial charge on any atom is -0.382 e. The number of rotatable bonds is 2. The molecule has 2 aromatic rings. The molecule has 1 aliphatic heterocycles. The highest BCUT2D eigenvalue weighted by Crippen LogP contribution is 2.47. The predicted molar refractivity (Wildman–Crippen MR) is 79.8 cm³/mol. The number of hydrogen-bond donors (Lipinski definition) is 2. The molecule has 4 atom stereocenters. The third kappa shape index (κ3) is 1.91. The Bertz CT molecular complexity index is 714. The number of imidazole rings is 1. The van der Waals surface area contributed by atoms with Crippen LogP contribution in [0.25, 0.3) is 11.2 Å². The summed E-state index contributed by atoms with van der Waals surface area (Å²) in [7, 11) is 0. The number of aromatic nitrogens is 4. The van der Waals surface area contributed by atoms with Crippen molar-refractivity contribution in [3.05, 3.63) is 12.7 Å². The second-order valence-electron chi connectivity index (χ2n) is 6.45. The molecule has 2 aliphatic rings.